The van der Waals surface area contributed by atoms with E-state index in [1.54, 1.807) is 0 Å². The predicted octanol–water partition coefficient (Wildman–Crippen LogP) is 2.56. The van der Waals surface area contributed by atoms with Gasteiger partial charge in [-0.25, -0.2) is 0 Å². The van der Waals surface area contributed by atoms with Gasteiger partial charge in [0.2, 0.25) is 0 Å². The van der Waals surface area contributed by atoms with Crippen molar-refractivity contribution in [2.24, 2.45) is 0 Å². The van der Waals surface area contributed by atoms with Crippen molar-refractivity contribution in [3.05, 3.63) is 60.7 Å². The predicted molar refractivity (Wildman–Crippen MR) is 66.6 cm³/mol. The van der Waals surface area contributed by atoms with Gasteiger partial charge in [0.15, 0.2) is 0 Å². The molecule has 84 valence electrons. The van der Waals surface area contributed by atoms with Crippen molar-refractivity contribution in [2.75, 3.05) is 0 Å². The Kier molecular flexibility index (Phi) is 7.74. The fourth-order valence-corrected chi connectivity index (χ4v) is 2.65. The average Bonchev–Trinajstić information content (AvgIpc) is 2.21. The fourth-order valence-electron chi connectivity index (χ4n) is 1.02. The van der Waals surface area contributed by atoms with Crippen LogP contribution < -0.4 is 8.07 Å². The second-order valence-electron chi connectivity index (χ2n) is 2.60. The molecule has 0 nitrogen and oxygen atoms in total. The normalized spacial score (nSPS) is 8.80. The van der Waals surface area contributed by atoms with Crippen LogP contribution in [-0.2, 0) is 18.0 Å². The average molecular weight is 334 g/mol. The van der Waals surface area contributed by atoms with Gasteiger partial charge >= 0.3 is 86.7 Å². The van der Waals surface area contributed by atoms with Crippen molar-refractivity contribution >= 4 is 32.9 Å². The summed E-state index contributed by atoms with van der Waals surface area (Å²) in [7, 11) is 0. The van der Waals surface area contributed by atoms with Gasteiger partial charge in [0.25, 0.3) is 0 Å². The maximum atomic E-state index is 2.18. The summed E-state index contributed by atoms with van der Waals surface area (Å²) in [5, 5.41) is 0. The monoisotopic (exact) mass is 332 g/mol. The fraction of sp³-hybridized carbons (Fsp3) is 0. The summed E-state index contributed by atoms with van der Waals surface area (Å²) in [6.45, 7) is 0. The topological polar surface area (TPSA) is 0 Å². The zero-order valence-corrected chi connectivity index (χ0v) is 11.1. The zero-order chi connectivity index (χ0) is 8.93. The molecule has 0 saturated heterocycles. The first-order valence-corrected chi connectivity index (χ1v) is 5.69. The first kappa shape index (κ1) is 14.7. The summed E-state index contributed by atoms with van der Waals surface area (Å²) in [6.07, 6.45) is 0. The van der Waals surface area contributed by atoms with E-state index in [4.69, 9.17) is 0 Å². The van der Waals surface area contributed by atoms with E-state index in [9.17, 15) is 0 Å². The van der Waals surface area contributed by atoms with E-state index >= 15 is 0 Å². The van der Waals surface area contributed by atoms with Gasteiger partial charge in [-0.15, -0.1) is 24.8 Å². The Balaban J connectivity index is 0.000000980. The van der Waals surface area contributed by atoms with Crippen LogP contribution in [0.3, 0.4) is 0 Å². The molecule has 2 aromatic rings. The first-order valence-electron chi connectivity index (χ1n) is 4.14. The molecule has 0 spiro atoms. The van der Waals surface area contributed by atoms with Crippen LogP contribution in [0, 0.1) is 0 Å². The van der Waals surface area contributed by atoms with E-state index in [0.29, 0.717) is 18.0 Å². The number of halogens is 2. The Bertz CT molecular complexity index is 324. The van der Waals surface area contributed by atoms with Gasteiger partial charge in [-0.1, -0.05) is 0 Å². The van der Waals surface area contributed by atoms with Crippen LogP contribution in [0.1, 0.15) is 0 Å². The van der Waals surface area contributed by atoms with Gasteiger partial charge in [-0.3, -0.25) is 0 Å². The van der Waals surface area contributed by atoms with Gasteiger partial charge in [0, 0.05) is 0 Å². The molecule has 15 heavy (non-hydrogen) atoms. The summed E-state index contributed by atoms with van der Waals surface area (Å²) in [5.41, 5.74) is 0. The van der Waals surface area contributed by atoms with Crippen molar-refractivity contribution < 1.29 is 18.0 Å². The quantitative estimate of drug-likeness (QED) is 0.741. The third kappa shape index (κ3) is 4.82. The number of hydrogen-bond acceptors (Lipinski definition) is 0. The molecular weight excluding hydrogens is 321 g/mol. The van der Waals surface area contributed by atoms with Crippen LogP contribution in [0.5, 0.6) is 0 Å². The van der Waals surface area contributed by atoms with E-state index < -0.39 is 0 Å². The van der Waals surface area contributed by atoms with Gasteiger partial charge in [0.05, 0.1) is 0 Å². The molecule has 0 bridgehead atoms. The molecule has 0 radical (unpaired) electrons. The molecule has 0 heterocycles. The van der Waals surface area contributed by atoms with Crippen LogP contribution in [0.15, 0.2) is 60.7 Å². The van der Waals surface area contributed by atoms with Crippen LogP contribution in [0.25, 0.3) is 0 Å². The molecule has 0 fully saturated rings. The molecular formula is C12H12Cl2Pd. The summed E-state index contributed by atoms with van der Waals surface area (Å²) in [4.78, 5) is 0. The minimum absolute atomic E-state index is 0. The summed E-state index contributed by atoms with van der Waals surface area (Å²) >= 11 is 0.575. The summed E-state index contributed by atoms with van der Waals surface area (Å²) < 4.78 is 2.84. The van der Waals surface area contributed by atoms with Gasteiger partial charge in [-0.2, -0.15) is 0 Å². The Hall–Kier alpha value is -0.318. The van der Waals surface area contributed by atoms with Gasteiger partial charge in [0.1, 0.15) is 0 Å². The van der Waals surface area contributed by atoms with Gasteiger partial charge < -0.3 is 0 Å². The van der Waals surface area contributed by atoms with E-state index in [1.165, 1.54) is 8.07 Å². The minimum atomic E-state index is 0. The number of rotatable bonds is 2. The van der Waals surface area contributed by atoms with Crippen LogP contribution in [-0.4, -0.2) is 0 Å². The summed E-state index contributed by atoms with van der Waals surface area (Å²) in [5.74, 6) is 0. The van der Waals surface area contributed by atoms with Crippen molar-refractivity contribution in [3.8, 4) is 0 Å². The summed E-state index contributed by atoms with van der Waals surface area (Å²) in [6, 6.07) is 21.2. The third-order valence-corrected chi connectivity index (χ3v) is 3.54. The second kappa shape index (κ2) is 7.91. The van der Waals surface area contributed by atoms with E-state index in [0.717, 1.165) is 0 Å². The van der Waals surface area contributed by atoms with Crippen molar-refractivity contribution in [3.63, 3.8) is 0 Å². The van der Waals surface area contributed by atoms with Crippen LogP contribution >= 0.6 is 24.8 Å². The molecule has 2 rings (SSSR count). The molecule has 0 unspecified atom stereocenters. The Morgan fingerprint density at radius 2 is 0.867 bits per heavy atom. The molecule has 3 heteroatoms. The van der Waals surface area contributed by atoms with Gasteiger partial charge in [-0.05, 0) is 0 Å². The molecule has 0 atom stereocenters. The number of benzene rings is 2. The molecule has 0 saturated carbocycles. The molecule has 0 aromatic heterocycles. The first-order chi connectivity index (χ1) is 6.45. The molecule has 0 aliphatic carbocycles. The SMILES string of the molecule is Cl.Cl.c1cc[c]([Pd][c]2ccccc2)cc1. The van der Waals surface area contributed by atoms with Crippen molar-refractivity contribution in [1.29, 1.82) is 0 Å². The molecule has 0 aliphatic heterocycles. The van der Waals surface area contributed by atoms with E-state index in [-0.39, 0.29) is 24.8 Å². The van der Waals surface area contributed by atoms with E-state index in [1.807, 2.05) is 0 Å². The second-order valence-corrected chi connectivity index (χ2v) is 4.78. The maximum absolute atomic E-state index is 2.18. The number of hydrogen-bond donors (Lipinski definition) is 0. The van der Waals surface area contributed by atoms with Crippen molar-refractivity contribution in [1.82, 2.24) is 0 Å². The van der Waals surface area contributed by atoms with E-state index in [2.05, 4.69) is 60.7 Å². The molecule has 0 N–H and O–H groups in total. The van der Waals surface area contributed by atoms with Crippen molar-refractivity contribution in [2.45, 2.75) is 0 Å². The van der Waals surface area contributed by atoms with Crippen LogP contribution in [0.2, 0.25) is 0 Å². The Morgan fingerprint density at radius 3 is 1.20 bits per heavy atom. The zero-order valence-electron chi connectivity index (χ0n) is 7.91. The standard InChI is InChI=1S/2C6H5.2ClH.Pd/c2*1-2-4-6-5-3-1;;;/h2*1-5H;2*1H;. The Labute approximate surface area is 111 Å². The van der Waals surface area contributed by atoms with Crippen LogP contribution in [0.4, 0.5) is 0 Å². The molecule has 0 amide bonds. The molecule has 0 aliphatic rings. The Morgan fingerprint density at radius 1 is 0.533 bits per heavy atom. The molecule has 2 aromatic carbocycles. The third-order valence-electron chi connectivity index (χ3n) is 1.61.